The van der Waals surface area contributed by atoms with Crippen LogP contribution in [0.25, 0.3) is 0 Å². The van der Waals surface area contributed by atoms with E-state index in [0.717, 1.165) is 17.7 Å². The van der Waals surface area contributed by atoms with Crippen LogP contribution in [0.4, 0.5) is 0 Å². The third-order valence-electron chi connectivity index (χ3n) is 2.43. The van der Waals surface area contributed by atoms with Gasteiger partial charge in [-0.1, -0.05) is 6.92 Å². The zero-order chi connectivity index (χ0) is 12.9. The van der Waals surface area contributed by atoms with Crippen molar-refractivity contribution in [3.05, 3.63) is 17.5 Å². The van der Waals surface area contributed by atoms with Crippen molar-refractivity contribution in [1.82, 2.24) is 19.8 Å². The number of nitrogens with one attached hydrogen (secondary N) is 2. The summed E-state index contributed by atoms with van der Waals surface area (Å²) in [6.45, 7) is 2.76. The first kappa shape index (κ1) is 14.1. The van der Waals surface area contributed by atoms with Gasteiger partial charge in [0.15, 0.2) is 0 Å². The van der Waals surface area contributed by atoms with Crippen molar-refractivity contribution in [1.29, 1.82) is 0 Å². The molecule has 6 nitrogen and oxygen atoms in total. The summed E-state index contributed by atoms with van der Waals surface area (Å²) in [5.41, 5.74) is 1.87. The molecule has 0 atom stereocenters. The van der Waals surface area contributed by atoms with E-state index in [1.54, 1.807) is 11.7 Å². The molecule has 0 saturated heterocycles. The molecule has 0 amide bonds. The van der Waals surface area contributed by atoms with E-state index in [1.165, 1.54) is 0 Å². The highest BCUT2D eigenvalue weighted by Gasteiger charge is 2.12. The van der Waals surface area contributed by atoms with Crippen molar-refractivity contribution in [3.63, 3.8) is 0 Å². The molecule has 0 aliphatic carbocycles. The molecule has 0 radical (unpaired) electrons. The van der Waals surface area contributed by atoms with E-state index in [-0.39, 0.29) is 5.75 Å². The summed E-state index contributed by atoms with van der Waals surface area (Å²) in [5, 5.41) is 7.07. The predicted octanol–water partition coefficient (Wildman–Crippen LogP) is -0.379. The molecule has 1 heterocycles. The average Bonchev–Trinajstić information content (AvgIpc) is 2.65. The molecule has 2 N–H and O–H groups in total. The molecule has 0 fully saturated rings. The topological polar surface area (TPSA) is 76.0 Å². The first-order valence-electron chi connectivity index (χ1n) is 5.62. The zero-order valence-electron chi connectivity index (χ0n) is 10.5. The van der Waals surface area contributed by atoms with Gasteiger partial charge in [-0.2, -0.15) is 5.10 Å². The minimum absolute atomic E-state index is 0.0885. The van der Waals surface area contributed by atoms with Crippen LogP contribution in [-0.4, -0.2) is 37.5 Å². The predicted molar refractivity (Wildman–Crippen MR) is 67.1 cm³/mol. The lowest BCUT2D eigenvalue weighted by Crippen LogP contribution is -2.30. The first-order valence-corrected chi connectivity index (χ1v) is 7.27. The molecule has 1 aromatic heterocycles. The van der Waals surface area contributed by atoms with Crippen LogP contribution in [0, 0.1) is 0 Å². The normalized spacial score (nSPS) is 11.9. The van der Waals surface area contributed by atoms with Crippen LogP contribution >= 0.6 is 0 Å². The van der Waals surface area contributed by atoms with E-state index in [9.17, 15) is 8.42 Å². The molecule has 7 heteroatoms. The minimum Gasteiger partial charge on any atom is -0.319 e. The third-order valence-corrected chi connectivity index (χ3v) is 3.76. The van der Waals surface area contributed by atoms with E-state index in [0.29, 0.717) is 13.1 Å². The van der Waals surface area contributed by atoms with Crippen LogP contribution in [-0.2, 0) is 30.0 Å². The van der Waals surface area contributed by atoms with Crippen molar-refractivity contribution in [2.75, 3.05) is 19.3 Å². The molecule has 17 heavy (non-hydrogen) atoms. The van der Waals surface area contributed by atoms with Crippen LogP contribution in [0.5, 0.6) is 0 Å². The summed E-state index contributed by atoms with van der Waals surface area (Å²) in [5.74, 6) is 0.0885. The second-order valence-corrected chi connectivity index (χ2v) is 5.80. The van der Waals surface area contributed by atoms with Crippen molar-refractivity contribution >= 4 is 10.0 Å². The molecule has 0 aromatic carbocycles. The molecule has 0 aliphatic rings. The highest BCUT2D eigenvalue weighted by Crippen LogP contribution is 2.07. The molecular formula is C10H20N4O2S. The Morgan fingerprint density at radius 2 is 2.18 bits per heavy atom. The lowest BCUT2D eigenvalue weighted by molar-refractivity contribution is 0.578. The summed E-state index contributed by atoms with van der Waals surface area (Å²) >= 11 is 0. The maximum atomic E-state index is 11.6. The Balaban J connectivity index is 2.60. The number of hydrogen-bond acceptors (Lipinski definition) is 4. The number of hydrogen-bond donors (Lipinski definition) is 2. The first-order chi connectivity index (χ1) is 7.98. The van der Waals surface area contributed by atoms with E-state index >= 15 is 0 Å². The summed E-state index contributed by atoms with van der Waals surface area (Å²) in [6.07, 6.45) is 2.65. The zero-order valence-corrected chi connectivity index (χ0v) is 11.3. The molecule has 1 rings (SSSR count). The van der Waals surface area contributed by atoms with Gasteiger partial charge in [0.25, 0.3) is 0 Å². The van der Waals surface area contributed by atoms with Gasteiger partial charge in [-0.05, 0) is 13.5 Å². The maximum Gasteiger partial charge on any atom is 0.213 e. The largest absolute Gasteiger partial charge is 0.319 e. The van der Waals surface area contributed by atoms with Crippen molar-refractivity contribution in [2.24, 2.45) is 7.05 Å². The molecule has 0 aliphatic heterocycles. The van der Waals surface area contributed by atoms with Crippen molar-refractivity contribution in [3.8, 4) is 0 Å². The fourth-order valence-corrected chi connectivity index (χ4v) is 2.52. The molecular weight excluding hydrogens is 240 g/mol. The Labute approximate surface area is 102 Å². The van der Waals surface area contributed by atoms with E-state index in [4.69, 9.17) is 0 Å². The Bertz CT molecular complexity index is 453. The molecule has 98 valence electrons. The van der Waals surface area contributed by atoms with E-state index in [1.807, 2.05) is 20.2 Å². The molecule has 0 unspecified atom stereocenters. The number of nitrogens with zero attached hydrogens (tertiary/aromatic N) is 2. The van der Waals surface area contributed by atoms with Gasteiger partial charge >= 0.3 is 0 Å². The van der Waals surface area contributed by atoms with Gasteiger partial charge in [0, 0.05) is 31.9 Å². The molecule has 1 aromatic rings. The van der Waals surface area contributed by atoms with Gasteiger partial charge in [-0.25, -0.2) is 13.1 Å². The van der Waals surface area contributed by atoms with Crippen LogP contribution in [0.1, 0.15) is 18.2 Å². The van der Waals surface area contributed by atoms with Crippen LogP contribution in [0.3, 0.4) is 0 Å². The molecule has 0 spiro atoms. The third kappa shape index (κ3) is 4.45. The van der Waals surface area contributed by atoms with E-state index < -0.39 is 10.0 Å². The standard InChI is InChI=1S/C10H20N4O2S/c1-4-10-9(8-14(3)13-10)7-12-17(15,16)6-5-11-2/h8,11-12H,4-7H2,1-3H3. The summed E-state index contributed by atoms with van der Waals surface area (Å²) in [4.78, 5) is 0. The SMILES string of the molecule is CCc1nn(C)cc1CNS(=O)(=O)CCNC. The van der Waals surface area contributed by atoms with Gasteiger partial charge in [0.05, 0.1) is 11.4 Å². The van der Waals surface area contributed by atoms with Crippen molar-refractivity contribution in [2.45, 2.75) is 19.9 Å². The summed E-state index contributed by atoms with van der Waals surface area (Å²) < 4.78 is 27.5. The Morgan fingerprint density at radius 3 is 2.76 bits per heavy atom. The van der Waals surface area contributed by atoms with Gasteiger partial charge in [0.2, 0.25) is 10.0 Å². The monoisotopic (exact) mass is 260 g/mol. The minimum atomic E-state index is -3.21. The number of sulfonamides is 1. The van der Waals surface area contributed by atoms with E-state index in [2.05, 4.69) is 15.1 Å². The number of rotatable bonds is 7. The summed E-state index contributed by atoms with van der Waals surface area (Å²) in [7, 11) is 0.352. The lowest BCUT2D eigenvalue weighted by Gasteiger charge is -2.05. The van der Waals surface area contributed by atoms with Gasteiger partial charge in [0.1, 0.15) is 0 Å². The van der Waals surface area contributed by atoms with Gasteiger partial charge in [-0.3, -0.25) is 4.68 Å². The maximum absolute atomic E-state index is 11.6. The lowest BCUT2D eigenvalue weighted by atomic mass is 10.2. The Hall–Kier alpha value is -0.920. The van der Waals surface area contributed by atoms with Crippen molar-refractivity contribution < 1.29 is 8.42 Å². The van der Waals surface area contributed by atoms with Crippen LogP contribution in [0.15, 0.2) is 6.20 Å². The van der Waals surface area contributed by atoms with Gasteiger partial charge < -0.3 is 5.32 Å². The number of aromatic nitrogens is 2. The Kier molecular flexibility index (Phi) is 5.10. The molecule has 0 bridgehead atoms. The highest BCUT2D eigenvalue weighted by molar-refractivity contribution is 7.89. The van der Waals surface area contributed by atoms with Crippen LogP contribution < -0.4 is 10.0 Å². The smallest absolute Gasteiger partial charge is 0.213 e. The highest BCUT2D eigenvalue weighted by atomic mass is 32.2. The van der Waals surface area contributed by atoms with Crippen LogP contribution in [0.2, 0.25) is 0 Å². The average molecular weight is 260 g/mol. The second kappa shape index (κ2) is 6.13. The fourth-order valence-electron chi connectivity index (χ4n) is 1.53. The quantitative estimate of drug-likeness (QED) is 0.701. The number of aryl methyl sites for hydroxylation is 2. The van der Waals surface area contributed by atoms with Gasteiger partial charge in [-0.15, -0.1) is 0 Å². The fraction of sp³-hybridized carbons (Fsp3) is 0.700. The Morgan fingerprint density at radius 1 is 1.47 bits per heavy atom. The second-order valence-electron chi connectivity index (χ2n) is 3.87. The molecule has 0 saturated carbocycles. The summed E-state index contributed by atoms with van der Waals surface area (Å²) in [6, 6.07) is 0.